The van der Waals surface area contributed by atoms with Gasteiger partial charge in [-0.25, -0.2) is 0 Å². The van der Waals surface area contributed by atoms with Gasteiger partial charge in [-0.15, -0.1) is 0 Å². The van der Waals surface area contributed by atoms with Crippen LogP contribution in [0, 0.1) is 17.4 Å². The number of benzene rings is 1. The zero-order valence-corrected chi connectivity index (χ0v) is 12.1. The Labute approximate surface area is 129 Å². The molecular formula is C16H17N5O. The van der Waals surface area contributed by atoms with E-state index in [1.807, 2.05) is 36.5 Å². The maximum atomic E-state index is 12.2. The first kappa shape index (κ1) is 14.1. The van der Waals surface area contributed by atoms with Crippen LogP contribution in [0.25, 0.3) is 0 Å². The van der Waals surface area contributed by atoms with Crippen molar-refractivity contribution in [2.75, 3.05) is 18.4 Å². The van der Waals surface area contributed by atoms with Crippen molar-refractivity contribution in [2.45, 2.75) is 13.0 Å². The number of hydrogen-bond acceptors (Lipinski definition) is 4. The molecule has 22 heavy (non-hydrogen) atoms. The fourth-order valence-electron chi connectivity index (χ4n) is 2.59. The number of aromatic nitrogens is 2. The molecule has 1 atom stereocenters. The first-order valence-corrected chi connectivity index (χ1v) is 7.26. The van der Waals surface area contributed by atoms with Gasteiger partial charge in [-0.2, -0.15) is 10.4 Å². The lowest BCUT2D eigenvalue weighted by atomic mass is 10.1. The molecule has 6 nitrogen and oxygen atoms in total. The van der Waals surface area contributed by atoms with Gasteiger partial charge in [-0.05, 0) is 12.0 Å². The van der Waals surface area contributed by atoms with Crippen molar-refractivity contribution in [1.82, 2.24) is 14.7 Å². The van der Waals surface area contributed by atoms with Crippen LogP contribution in [0.15, 0.2) is 42.7 Å². The van der Waals surface area contributed by atoms with Gasteiger partial charge < -0.3 is 10.2 Å². The summed E-state index contributed by atoms with van der Waals surface area (Å²) in [6.07, 6.45) is 6.27. The van der Waals surface area contributed by atoms with Gasteiger partial charge in [0.2, 0.25) is 5.91 Å². The van der Waals surface area contributed by atoms with Crippen molar-refractivity contribution in [3.8, 4) is 6.19 Å². The molecule has 1 aliphatic rings. The zero-order valence-electron chi connectivity index (χ0n) is 12.1. The molecule has 0 radical (unpaired) electrons. The number of nitriles is 1. The molecule has 1 aromatic heterocycles. The van der Waals surface area contributed by atoms with E-state index in [4.69, 9.17) is 5.26 Å². The summed E-state index contributed by atoms with van der Waals surface area (Å²) in [4.78, 5) is 13.8. The molecule has 1 aliphatic heterocycles. The van der Waals surface area contributed by atoms with Gasteiger partial charge in [-0.3, -0.25) is 9.48 Å². The van der Waals surface area contributed by atoms with Crippen molar-refractivity contribution in [1.29, 1.82) is 5.26 Å². The summed E-state index contributed by atoms with van der Waals surface area (Å²) in [7, 11) is 0. The fraction of sp³-hybridized carbons (Fsp3) is 0.312. The number of amides is 1. The first-order valence-electron chi connectivity index (χ1n) is 7.26. The lowest BCUT2D eigenvalue weighted by Gasteiger charge is -2.09. The summed E-state index contributed by atoms with van der Waals surface area (Å²) in [5, 5.41) is 16.0. The Morgan fingerprint density at radius 3 is 2.95 bits per heavy atom. The van der Waals surface area contributed by atoms with E-state index in [-0.39, 0.29) is 11.8 Å². The molecule has 0 aliphatic carbocycles. The second kappa shape index (κ2) is 6.31. The number of likely N-dealkylation sites (tertiary alicyclic amines) is 1. The van der Waals surface area contributed by atoms with E-state index < -0.39 is 0 Å². The number of rotatable bonds is 4. The van der Waals surface area contributed by atoms with E-state index in [2.05, 4.69) is 16.6 Å². The Bertz CT molecular complexity index is 688. The predicted octanol–water partition coefficient (Wildman–Crippen LogP) is 1.67. The first-order chi connectivity index (χ1) is 10.7. The highest BCUT2D eigenvalue weighted by Gasteiger charge is 2.27. The van der Waals surface area contributed by atoms with E-state index in [1.165, 1.54) is 0 Å². The van der Waals surface area contributed by atoms with Crippen molar-refractivity contribution in [3.05, 3.63) is 48.3 Å². The molecule has 112 valence electrons. The van der Waals surface area contributed by atoms with Crippen LogP contribution in [-0.2, 0) is 11.3 Å². The summed E-state index contributed by atoms with van der Waals surface area (Å²) >= 11 is 0. The largest absolute Gasteiger partial charge is 0.323 e. The molecule has 3 rings (SSSR count). The maximum Gasteiger partial charge on any atom is 0.229 e. The topological polar surface area (TPSA) is 74.0 Å². The van der Waals surface area contributed by atoms with Crippen LogP contribution in [0.5, 0.6) is 0 Å². The van der Waals surface area contributed by atoms with Crippen molar-refractivity contribution in [3.63, 3.8) is 0 Å². The van der Waals surface area contributed by atoms with E-state index in [9.17, 15) is 4.79 Å². The zero-order chi connectivity index (χ0) is 15.4. The van der Waals surface area contributed by atoms with E-state index >= 15 is 0 Å². The summed E-state index contributed by atoms with van der Waals surface area (Å²) in [5.74, 6) is -0.172. The molecule has 1 N–H and O–H groups in total. The minimum Gasteiger partial charge on any atom is -0.323 e. The molecule has 1 fully saturated rings. The molecule has 1 saturated heterocycles. The van der Waals surface area contributed by atoms with E-state index in [0.717, 1.165) is 12.0 Å². The van der Waals surface area contributed by atoms with Gasteiger partial charge in [0.1, 0.15) is 0 Å². The third-order valence-corrected chi connectivity index (χ3v) is 3.79. The van der Waals surface area contributed by atoms with Gasteiger partial charge in [0.05, 0.1) is 24.3 Å². The second-order valence-electron chi connectivity index (χ2n) is 5.43. The molecule has 1 unspecified atom stereocenters. The van der Waals surface area contributed by atoms with Gasteiger partial charge in [0, 0.05) is 19.3 Å². The minimum atomic E-state index is -0.128. The lowest BCUT2D eigenvalue weighted by molar-refractivity contribution is -0.119. The van der Waals surface area contributed by atoms with Crippen molar-refractivity contribution < 1.29 is 4.79 Å². The van der Waals surface area contributed by atoms with Crippen molar-refractivity contribution in [2.24, 2.45) is 5.92 Å². The van der Waals surface area contributed by atoms with Crippen molar-refractivity contribution >= 4 is 11.6 Å². The molecule has 2 heterocycles. The van der Waals surface area contributed by atoms with Crippen LogP contribution >= 0.6 is 0 Å². The standard InChI is InChI=1S/C16H17N5O/c17-12-20-7-6-14(10-20)16(22)19-15-8-18-21(11-15)9-13-4-2-1-3-5-13/h1-5,8,11,14H,6-7,9-10H2,(H,19,22). The van der Waals surface area contributed by atoms with Crippen LogP contribution in [-0.4, -0.2) is 33.7 Å². The Hall–Kier alpha value is -2.81. The Kier molecular flexibility index (Phi) is 4.05. The van der Waals surface area contributed by atoms with Gasteiger partial charge in [-0.1, -0.05) is 30.3 Å². The maximum absolute atomic E-state index is 12.2. The third kappa shape index (κ3) is 3.26. The third-order valence-electron chi connectivity index (χ3n) is 3.79. The van der Waals surface area contributed by atoms with Crippen LogP contribution < -0.4 is 5.32 Å². The smallest absolute Gasteiger partial charge is 0.229 e. The molecule has 6 heteroatoms. The number of nitrogens with one attached hydrogen (secondary N) is 1. The highest BCUT2D eigenvalue weighted by Crippen LogP contribution is 2.17. The molecule has 1 amide bonds. The number of carbonyl (C=O) groups excluding carboxylic acids is 1. The predicted molar refractivity (Wildman–Crippen MR) is 81.7 cm³/mol. The fourth-order valence-corrected chi connectivity index (χ4v) is 2.59. The average Bonchev–Trinajstić information content (AvgIpc) is 3.17. The normalized spacial score (nSPS) is 17.2. The molecule has 0 saturated carbocycles. The average molecular weight is 295 g/mol. The number of nitrogens with zero attached hydrogens (tertiary/aromatic N) is 4. The van der Waals surface area contributed by atoms with Gasteiger partial charge in [0.25, 0.3) is 0 Å². The minimum absolute atomic E-state index is 0.0444. The van der Waals surface area contributed by atoms with E-state index in [1.54, 1.807) is 15.8 Å². The van der Waals surface area contributed by atoms with Crippen LogP contribution in [0.1, 0.15) is 12.0 Å². The number of hydrogen-bond donors (Lipinski definition) is 1. The Morgan fingerprint density at radius 1 is 1.41 bits per heavy atom. The Balaban J connectivity index is 1.58. The molecule has 2 aromatic rings. The molecule has 0 bridgehead atoms. The summed E-state index contributed by atoms with van der Waals surface area (Å²) in [5.41, 5.74) is 1.85. The summed E-state index contributed by atoms with van der Waals surface area (Å²) < 4.78 is 1.79. The molecule has 1 aromatic carbocycles. The van der Waals surface area contributed by atoms with Gasteiger partial charge >= 0.3 is 0 Å². The monoisotopic (exact) mass is 295 g/mol. The summed E-state index contributed by atoms with van der Waals surface area (Å²) in [6.45, 7) is 1.82. The second-order valence-corrected chi connectivity index (χ2v) is 5.43. The molecular weight excluding hydrogens is 278 g/mol. The number of carbonyl (C=O) groups is 1. The van der Waals surface area contributed by atoms with Crippen LogP contribution in [0.3, 0.4) is 0 Å². The lowest BCUT2D eigenvalue weighted by Crippen LogP contribution is -2.25. The number of anilines is 1. The van der Waals surface area contributed by atoms with Crippen LogP contribution in [0.2, 0.25) is 0 Å². The quantitative estimate of drug-likeness (QED) is 0.871. The summed E-state index contributed by atoms with van der Waals surface area (Å²) in [6, 6.07) is 10.0. The van der Waals surface area contributed by atoms with Crippen LogP contribution in [0.4, 0.5) is 5.69 Å². The highest BCUT2D eigenvalue weighted by molar-refractivity contribution is 5.92. The van der Waals surface area contributed by atoms with E-state index in [0.29, 0.717) is 25.3 Å². The molecule has 0 spiro atoms. The highest BCUT2D eigenvalue weighted by atomic mass is 16.2. The van der Waals surface area contributed by atoms with Gasteiger partial charge in [0.15, 0.2) is 6.19 Å². The SMILES string of the molecule is N#CN1CCC(C(=O)Nc2cnn(Cc3ccccc3)c2)C1. The Morgan fingerprint density at radius 2 is 2.23 bits per heavy atom.